The summed E-state index contributed by atoms with van der Waals surface area (Å²) in [6.07, 6.45) is 2.95. The number of hydrogen-bond donors (Lipinski definition) is 0. The Morgan fingerprint density at radius 2 is 1.79 bits per heavy atom. The van der Waals surface area contributed by atoms with Crippen molar-refractivity contribution in [2.45, 2.75) is 24.8 Å². The number of carbonyl (C=O) groups is 1. The maximum absolute atomic E-state index is 13.2. The summed E-state index contributed by atoms with van der Waals surface area (Å²) in [6, 6.07) is 18.3. The van der Waals surface area contributed by atoms with Gasteiger partial charge in [0.05, 0.1) is 22.3 Å². The summed E-state index contributed by atoms with van der Waals surface area (Å²) in [5, 5.41) is 0. The lowest BCUT2D eigenvalue weighted by Gasteiger charge is -2.41. The van der Waals surface area contributed by atoms with E-state index < -0.39 is 10.0 Å². The minimum atomic E-state index is -3.75. The van der Waals surface area contributed by atoms with E-state index in [4.69, 9.17) is 0 Å². The molecule has 0 radical (unpaired) electrons. The maximum Gasteiger partial charge on any atom is 0.264 e. The minimum absolute atomic E-state index is 0.148. The van der Waals surface area contributed by atoms with Gasteiger partial charge in [0.1, 0.15) is 0 Å². The molecule has 2 heterocycles. The van der Waals surface area contributed by atoms with Crippen molar-refractivity contribution in [2.24, 2.45) is 0 Å². The number of nitrogens with zero attached hydrogens (tertiary/aromatic N) is 4. The maximum atomic E-state index is 13.2. The van der Waals surface area contributed by atoms with Gasteiger partial charge < -0.3 is 9.80 Å². The molecule has 33 heavy (non-hydrogen) atoms. The highest BCUT2D eigenvalue weighted by molar-refractivity contribution is 7.92. The number of rotatable bonds is 5. The fourth-order valence-corrected chi connectivity index (χ4v) is 5.32. The van der Waals surface area contributed by atoms with Gasteiger partial charge in [0.25, 0.3) is 15.9 Å². The van der Waals surface area contributed by atoms with E-state index in [1.807, 2.05) is 11.0 Å². The fraction of sp³-hybridized carbons (Fsp3) is 0.280. The summed E-state index contributed by atoms with van der Waals surface area (Å²) in [6.45, 7) is 6.07. The van der Waals surface area contributed by atoms with Crippen molar-refractivity contribution in [1.29, 1.82) is 0 Å². The van der Waals surface area contributed by atoms with Gasteiger partial charge in [0.2, 0.25) is 0 Å². The first-order chi connectivity index (χ1) is 15.8. The predicted molar refractivity (Wildman–Crippen MR) is 130 cm³/mol. The van der Waals surface area contributed by atoms with Crippen LogP contribution in [-0.2, 0) is 10.0 Å². The second-order valence-corrected chi connectivity index (χ2v) is 10.3. The molecule has 0 bridgehead atoms. The molecule has 1 atom stereocenters. The van der Waals surface area contributed by atoms with Gasteiger partial charge >= 0.3 is 0 Å². The summed E-state index contributed by atoms with van der Waals surface area (Å²) < 4.78 is 27.1. The van der Waals surface area contributed by atoms with Crippen LogP contribution >= 0.6 is 0 Å². The molecule has 1 aliphatic heterocycles. The molecule has 1 fully saturated rings. The van der Waals surface area contributed by atoms with E-state index in [1.165, 1.54) is 25.0 Å². The first-order valence-electron chi connectivity index (χ1n) is 10.9. The van der Waals surface area contributed by atoms with Gasteiger partial charge in [0.15, 0.2) is 0 Å². The van der Waals surface area contributed by atoms with Crippen LogP contribution in [0.3, 0.4) is 0 Å². The van der Waals surface area contributed by atoms with Gasteiger partial charge in [0, 0.05) is 44.6 Å². The van der Waals surface area contributed by atoms with Crippen LogP contribution in [0.15, 0.2) is 78.0 Å². The zero-order valence-corrected chi connectivity index (χ0v) is 19.9. The standard InChI is InChI=1S/C25H28N4O3S/c1-19-8-7-9-22(14-19)29-13-12-28(18-20(29)2)25(30)21-15-23(17-26-16-21)27(3)33(31,32)24-10-5-4-6-11-24/h4-11,14-17,20H,12-13,18H2,1-3H3/t20-/m0/s1. The zero-order valence-electron chi connectivity index (χ0n) is 19.0. The van der Waals surface area contributed by atoms with Crippen LogP contribution < -0.4 is 9.21 Å². The number of hydrogen-bond acceptors (Lipinski definition) is 5. The molecular weight excluding hydrogens is 436 g/mol. The molecule has 0 aliphatic carbocycles. The number of piperazine rings is 1. The highest BCUT2D eigenvalue weighted by Gasteiger charge is 2.28. The Bertz CT molecular complexity index is 1250. The molecule has 3 aromatic rings. The molecule has 1 amide bonds. The number of sulfonamides is 1. The Hall–Kier alpha value is -3.39. The van der Waals surface area contributed by atoms with E-state index in [9.17, 15) is 13.2 Å². The van der Waals surface area contributed by atoms with Crippen molar-refractivity contribution < 1.29 is 13.2 Å². The van der Waals surface area contributed by atoms with Crippen molar-refractivity contribution in [1.82, 2.24) is 9.88 Å². The average molecular weight is 465 g/mol. The number of aromatic nitrogens is 1. The third-order valence-electron chi connectivity index (χ3n) is 5.98. The third-order valence-corrected chi connectivity index (χ3v) is 7.78. The van der Waals surface area contributed by atoms with E-state index in [0.717, 1.165) is 16.5 Å². The molecular formula is C25H28N4O3S. The van der Waals surface area contributed by atoms with Crippen molar-refractivity contribution in [3.63, 3.8) is 0 Å². The fourth-order valence-electron chi connectivity index (χ4n) is 4.12. The van der Waals surface area contributed by atoms with Crippen molar-refractivity contribution >= 4 is 27.3 Å². The number of pyridine rings is 1. The van der Waals surface area contributed by atoms with Crippen molar-refractivity contribution in [3.8, 4) is 0 Å². The monoisotopic (exact) mass is 464 g/mol. The van der Waals surface area contributed by atoms with E-state index in [2.05, 4.69) is 41.9 Å². The summed E-state index contributed by atoms with van der Waals surface area (Å²) in [5.41, 5.74) is 3.08. The van der Waals surface area contributed by atoms with Crippen LogP contribution in [-0.4, -0.2) is 56.9 Å². The third kappa shape index (κ3) is 4.71. The lowest BCUT2D eigenvalue weighted by molar-refractivity contribution is 0.0726. The molecule has 172 valence electrons. The smallest absolute Gasteiger partial charge is 0.264 e. The average Bonchev–Trinajstić information content (AvgIpc) is 2.83. The summed E-state index contributed by atoms with van der Waals surface area (Å²) in [4.78, 5) is 21.7. The summed E-state index contributed by atoms with van der Waals surface area (Å²) in [5.74, 6) is -0.148. The highest BCUT2D eigenvalue weighted by atomic mass is 32.2. The van der Waals surface area contributed by atoms with Gasteiger partial charge in [-0.05, 0) is 49.7 Å². The molecule has 1 aromatic heterocycles. The number of benzene rings is 2. The van der Waals surface area contributed by atoms with E-state index in [-0.39, 0.29) is 16.8 Å². The Morgan fingerprint density at radius 1 is 1.03 bits per heavy atom. The topological polar surface area (TPSA) is 73.8 Å². The lowest BCUT2D eigenvalue weighted by atomic mass is 10.1. The molecule has 8 heteroatoms. The Labute approximate surface area is 195 Å². The molecule has 2 aromatic carbocycles. The molecule has 7 nitrogen and oxygen atoms in total. The predicted octanol–water partition coefficient (Wildman–Crippen LogP) is 3.57. The minimum Gasteiger partial charge on any atom is -0.365 e. The quantitative estimate of drug-likeness (QED) is 0.577. The molecule has 0 spiro atoms. The van der Waals surface area contributed by atoms with Crippen LogP contribution in [0, 0.1) is 6.92 Å². The number of anilines is 2. The molecule has 4 rings (SSSR count). The second kappa shape index (κ2) is 9.23. The van der Waals surface area contributed by atoms with Crippen molar-refractivity contribution in [3.05, 3.63) is 84.2 Å². The van der Waals surface area contributed by atoms with Crippen molar-refractivity contribution in [2.75, 3.05) is 35.9 Å². The molecule has 0 N–H and O–H groups in total. The Morgan fingerprint density at radius 3 is 2.48 bits per heavy atom. The normalized spacial score (nSPS) is 16.5. The largest absolute Gasteiger partial charge is 0.365 e. The van der Waals surface area contributed by atoms with E-state index in [0.29, 0.717) is 24.3 Å². The van der Waals surface area contributed by atoms with Gasteiger partial charge in [-0.25, -0.2) is 8.42 Å². The second-order valence-electron chi connectivity index (χ2n) is 8.35. The molecule has 0 saturated carbocycles. The number of amides is 1. The summed E-state index contributed by atoms with van der Waals surface area (Å²) >= 11 is 0. The molecule has 0 unspecified atom stereocenters. The first-order valence-corrected chi connectivity index (χ1v) is 12.3. The van der Waals surface area contributed by atoms with Gasteiger partial charge in [-0.15, -0.1) is 0 Å². The van der Waals surface area contributed by atoms with Gasteiger partial charge in [-0.2, -0.15) is 0 Å². The van der Waals surface area contributed by atoms with Crippen LogP contribution in [0.4, 0.5) is 11.4 Å². The van der Waals surface area contributed by atoms with Crippen LogP contribution in [0.5, 0.6) is 0 Å². The highest BCUT2D eigenvalue weighted by Crippen LogP contribution is 2.25. The first kappa shape index (κ1) is 22.8. The molecule has 1 aliphatic rings. The van der Waals surface area contributed by atoms with Gasteiger partial charge in [-0.1, -0.05) is 30.3 Å². The van der Waals surface area contributed by atoms with Crippen LogP contribution in [0.25, 0.3) is 0 Å². The zero-order chi connectivity index (χ0) is 23.6. The number of carbonyl (C=O) groups excluding carboxylic acids is 1. The van der Waals surface area contributed by atoms with Crippen LogP contribution in [0.2, 0.25) is 0 Å². The van der Waals surface area contributed by atoms with Crippen LogP contribution in [0.1, 0.15) is 22.8 Å². The number of aryl methyl sites for hydroxylation is 1. The lowest BCUT2D eigenvalue weighted by Crippen LogP contribution is -2.53. The Balaban J connectivity index is 1.50. The van der Waals surface area contributed by atoms with E-state index >= 15 is 0 Å². The Kier molecular flexibility index (Phi) is 6.37. The SMILES string of the molecule is Cc1cccc(N2CCN(C(=O)c3cncc(N(C)S(=O)(=O)c4ccccc4)c3)C[C@@H]2C)c1. The molecule has 1 saturated heterocycles. The summed E-state index contributed by atoms with van der Waals surface area (Å²) in [7, 11) is -2.28. The van der Waals surface area contributed by atoms with Gasteiger partial charge in [-0.3, -0.25) is 14.1 Å². The van der Waals surface area contributed by atoms with E-state index in [1.54, 1.807) is 36.4 Å².